The van der Waals surface area contributed by atoms with Crippen LogP contribution in [0.4, 0.5) is 14.7 Å². The number of halogens is 2. The first-order chi connectivity index (χ1) is 10.0. The van der Waals surface area contributed by atoms with Crippen molar-refractivity contribution in [3.05, 3.63) is 59.2 Å². The lowest BCUT2D eigenvalue weighted by atomic mass is 10.0. The molecule has 0 fully saturated rings. The van der Waals surface area contributed by atoms with E-state index in [4.69, 9.17) is 5.73 Å². The summed E-state index contributed by atoms with van der Waals surface area (Å²) in [5.41, 5.74) is 8.43. The number of imidazole rings is 1. The quantitative estimate of drug-likeness (QED) is 0.778. The molecule has 0 saturated heterocycles. The van der Waals surface area contributed by atoms with Crippen LogP contribution in [0.25, 0.3) is 11.0 Å². The minimum Gasteiger partial charge on any atom is -0.369 e. The number of anilines is 1. The van der Waals surface area contributed by atoms with Crippen molar-refractivity contribution in [2.24, 2.45) is 0 Å². The second-order valence-corrected chi connectivity index (χ2v) is 5.10. The summed E-state index contributed by atoms with van der Waals surface area (Å²) in [6.45, 7) is 3.86. The third kappa shape index (κ3) is 2.05. The Labute approximate surface area is 121 Å². The van der Waals surface area contributed by atoms with Crippen LogP contribution in [0.15, 0.2) is 36.4 Å². The van der Waals surface area contributed by atoms with Gasteiger partial charge in [0.2, 0.25) is 5.95 Å². The second kappa shape index (κ2) is 4.84. The van der Waals surface area contributed by atoms with Crippen molar-refractivity contribution < 1.29 is 8.78 Å². The van der Waals surface area contributed by atoms with Crippen LogP contribution in [0, 0.1) is 18.6 Å². The largest absolute Gasteiger partial charge is 0.369 e. The molecule has 108 valence electrons. The Kier molecular flexibility index (Phi) is 3.12. The van der Waals surface area contributed by atoms with Gasteiger partial charge in [0.05, 0.1) is 11.6 Å². The van der Waals surface area contributed by atoms with Crippen LogP contribution in [0.5, 0.6) is 0 Å². The Morgan fingerprint density at radius 1 is 1.14 bits per heavy atom. The molecule has 21 heavy (non-hydrogen) atoms. The van der Waals surface area contributed by atoms with E-state index in [-0.39, 0.29) is 17.5 Å². The lowest BCUT2D eigenvalue weighted by Crippen LogP contribution is -2.12. The van der Waals surface area contributed by atoms with E-state index in [1.165, 1.54) is 10.6 Å². The Hall–Kier alpha value is -2.43. The maximum absolute atomic E-state index is 14.2. The molecular formula is C16H15F2N3. The molecule has 2 N–H and O–H groups in total. The number of hydrogen-bond acceptors (Lipinski definition) is 2. The Balaban J connectivity index is 2.27. The van der Waals surface area contributed by atoms with E-state index in [0.717, 1.165) is 17.2 Å². The van der Waals surface area contributed by atoms with Crippen LogP contribution in [0.1, 0.15) is 24.1 Å². The number of fused-ring (bicyclic) bond motifs is 1. The minimum absolute atomic E-state index is 0.100. The Bertz CT molecular complexity index is 824. The van der Waals surface area contributed by atoms with Gasteiger partial charge >= 0.3 is 0 Å². The van der Waals surface area contributed by atoms with Crippen LogP contribution >= 0.6 is 0 Å². The van der Waals surface area contributed by atoms with E-state index < -0.39 is 11.6 Å². The van der Waals surface area contributed by atoms with Crippen LogP contribution in [-0.4, -0.2) is 9.55 Å². The smallest absolute Gasteiger partial charge is 0.201 e. The van der Waals surface area contributed by atoms with Crippen molar-refractivity contribution in [1.29, 1.82) is 0 Å². The Morgan fingerprint density at radius 3 is 2.57 bits per heavy atom. The summed E-state index contributed by atoms with van der Waals surface area (Å²) in [6, 6.07) is 10.0. The molecule has 0 aliphatic heterocycles. The fourth-order valence-electron chi connectivity index (χ4n) is 2.73. The maximum Gasteiger partial charge on any atom is 0.201 e. The third-order valence-corrected chi connectivity index (χ3v) is 3.80. The number of nitrogen functional groups attached to an aromatic ring is 1. The van der Waals surface area contributed by atoms with E-state index >= 15 is 0 Å². The van der Waals surface area contributed by atoms with Gasteiger partial charge in [-0.15, -0.1) is 0 Å². The molecular weight excluding hydrogens is 272 g/mol. The van der Waals surface area contributed by atoms with Crippen LogP contribution in [0.3, 0.4) is 0 Å². The zero-order valence-corrected chi connectivity index (χ0v) is 11.8. The fraction of sp³-hybridized carbons (Fsp3) is 0.188. The first-order valence-electron chi connectivity index (χ1n) is 6.67. The highest BCUT2D eigenvalue weighted by molar-refractivity contribution is 5.79. The molecule has 3 rings (SSSR count). The molecule has 3 aromatic rings. The average Bonchev–Trinajstić information content (AvgIpc) is 2.80. The molecule has 1 aromatic heterocycles. The zero-order chi connectivity index (χ0) is 15.1. The predicted octanol–water partition coefficient (Wildman–Crippen LogP) is 3.81. The topological polar surface area (TPSA) is 43.8 Å². The molecule has 1 heterocycles. The summed E-state index contributed by atoms with van der Waals surface area (Å²) < 4.78 is 29.2. The van der Waals surface area contributed by atoms with Gasteiger partial charge in [0, 0.05) is 0 Å². The van der Waals surface area contributed by atoms with Crippen molar-refractivity contribution in [3.63, 3.8) is 0 Å². The molecule has 2 aromatic carbocycles. The highest BCUT2D eigenvalue weighted by atomic mass is 19.2. The van der Waals surface area contributed by atoms with Gasteiger partial charge in [-0.05, 0) is 37.1 Å². The number of benzene rings is 2. The number of nitrogens with zero attached hydrogens (tertiary/aromatic N) is 2. The molecule has 0 aliphatic carbocycles. The molecule has 3 nitrogen and oxygen atoms in total. The van der Waals surface area contributed by atoms with Crippen molar-refractivity contribution in [2.45, 2.75) is 19.9 Å². The van der Waals surface area contributed by atoms with E-state index in [1.807, 2.05) is 38.1 Å². The molecule has 0 bridgehead atoms. The van der Waals surface area contributed by atoms with Gasteiger partial charge in [0.1, 0.15) is 5.52 Å². The summed E-state index contributed by atoms with van der Waals surface area (Å²) in [6.07, 6.45) is 0. The van der Waals surface area contributed by atoms with Crippen molar-refractivity contribution in [2.75, 3.05) is 5.73 Å². The van der Waals surface area contributed by atoms with Gasteiger partial charge in [-0.3, -0.25) is 0 Å². The normalized spacial score (nSPS) is 12.8. The number of rotatable bonds is 2. The number of nitrogens with two attached hydrogens (primary N) is 1. The lowest BCUT2D eigenvalue weighted by molar-refractivity contribution is 0.509. The van der Waals surface area contributed by atoms with Gasteiger partial charge in [-0.1, -0.05) is 24.3 Å². The molecule has 5 heteroatoms. The molecule has 0 saturated carbocycles. The van der Waals surface area contributed by atoms with Gasteiger partial charge in [-0.25, -0.2) is 13.8 Å². The van der Waals surface area contributed by atoms with E-state index in [0.29, 0.717) is 5.52 Å². The third-order valence-electron chi connectivity index (χ3n) is 3.80. The van der Waals surface area contributed by atoms with E-state index in [2.05, 4.69) is 4.98 Å². The monoisotopic (exact) mass is 287 g/mol. The fourth-order valence-corrected chi connectivity index (χ4v) is 2.73. The first kappa shape index (κ1) is 13.5. The summed E-state index contributed by atoms with van der Waals surface area (Å²) in [4.78, 5) is 4.13. The minimum atomic E-state index is -0.919. The van der Waals surface area contributed by atoms with E-state index in [1.54, 1.807) is 0 Å². The van der Waals surface area contributed by atoms with Crippen LogP contribution in [-0.2, 0) is 0 Å². The average molecular weight is 287 g/mol. The lowest BCUT2D eigenvalue weighted by Gasteiger charge is -2.18. The molecule has 0 spiro atoms. The molecule has 1 unspecified atom stereocenters. The summed E-state index contributed by atoms with van der Waals surface area (Å²) >= 11 is 0. The molecule has 0 aliphatic rings. The highest BCUT2D eigenvalue weighted by Gasteiger charge is 2.21. The summed E-state index contributed by atoms with van der Waals surface area (Å²) in [5, 5.41) is 0. The maximum atomic E-state index is 14.2. The first-order valence-corrected chi connectivity index (χ1v) is 6.67. The number of aromatic nitrogens is 2. The summed E-state index contributed by atoms with van der Waals surface area (Å²) in [5.74, 6) is -1.65. The zero-order valence-electron chi connectivity index (χ0n) is 11.8. The predicted molar refractivity (Wildman–Crippen MR) is 79.1 cm³/mol. The van der Waals surface area contributed by atoms with E-state index in [9.17, 15) is 8.78 Å². The SMILES string of the molecule is Cc1ccccc1C(C)n1c(N)nc2ccc(F)c(F)c21. The standard InChI is InChI=1S/C16H15F2N3/c1-9-5-3-4-6-11(9)10(2)21-15-13(20-16(21)19)8-7-12(17)14(15)18/h3-8,10H,1-2H3,(H2,19,20). The van der Waals surface area contributed by atoms with Crippen LogP contribution < -0.4 is 5.73 Å². The highest BCUT2D eigenvalue weighted by Crippen LogP contribution is 2.30. The van der Waals surface area contributed by atoms with Crippen LogP contribution in [0.2, 0.25) is 0 Å². The van der Waals surface area contributed by atoms with Crippen molar-refractivity contribution >= 4 is 17.0 Å². The summed E-state index contributed by atoms with van der Waals surface area (Å²) in [7, 11) is 0. The van der Waals surface area contributed by atoms with Gasteiger partial charge in [0.15, 0.2) is 11.6 Å². The number of aryl methyl sites for hydroxylation is 1. The molecule has 1 atom stereocenters. The number of hydrogen-bond donors (Lipinski definition) is 1. The van der Waals surface area contributed by atoms with Gasteiger partial charge in [0.25, 0.3) is 0 Å². The van der Waals surface area contributed by atoms with Crippen molar-refractivity contribution in [3.8, 4) is 0 Å². The second-order valence-electron chi connectivity index (χ2n) is 5.10. The van der Waals surface area contributed by atoms with Gasteiger partial charge < -0.3 is 10.3 Å². The van der Waals surface area contributed by atoms with Gasteiger partial charge in [-0.2, -0.15) is 0 Å². The molecule has 0 amide bonds. The van der Waals surface area contributed by atoms with Crippen molar-refractivity contribution in [1.82, 2.24) is 9.55 Å². The Morgan fingerprint density at radius 2 is 1.86 bits per heavy atom. The molecule has 0 radical (unpaired) electrons.